The maximum Gasteiger partial charge on any atom is 0.209 e. The van der Waals surface area contributed by atoms with E-state index in [0.29, 0.717) is 5.56 Å². The van der Waals surface area contributed by atoms with E-state index in [1.165, 1.54) is 0 Å². The molecule has 2 rings (SSSR count). The van der Waals surface area contributed by atoms with Gasteiger partial charge in [0.15, 0.2) is 5.83 Å². The number of halogens is 2. The maximum absolute atomic E-state index is 14.2. The average Bonchev–Trinajstić information content (AvgIpc) is 2.54. The highest BCUT2D eigenvalue weighted by Crippen LogP contribution is 2.33. The molecule has 0 unspecified atom stereocenters. The summed E-state index contributed by atoms with van der Waals surface area (Å²) in [6.45, 7) is 4.06. The lowest BCUT2D eigenvalue weighted by Gasteiger charge is -2.11. The van der Waals surface area contributed by atoms with Gasteiger partial charge in [-0.15, -0.1) is 6.42 Å². The molecule has 0 aliphatic rings. The van der Waals surface area contributed by atoms with Crippen LogP contribution in [-0.2, 0) is 6.42 Å². The Morgan fingerprint density at radius 2 is 1.77 bits per heavy atom. The molecule has 2 heteroatoms. The molecule has 0 fully saturated rings. The van der Waals surface area contributed by atoms with Gasteiger partial charge in [-0.3, -0.25) is 0 Å². The molecule has 0 atom stereocenters. The first-order valence-corrected chi connectivity index (χ1v) is 7.29. The number of hydrogen-bond acceptors (Lipinski definition) is 0. The van der Waals surface area contributed by atoms with E-state index >= 15 is 0 Å². The van der Waals surface area contributed by atoms with Crippen LogP contribution in [0.25, 0.3) is 17.0 Å². The monoisotopic (exact) mass is 296 g/mol. The van der Waals surface area contributed by atoms with Crippen molar-refractivity contribution >= 4 is 5.83 Å². The molecule has 0 nitrogen and oxygen atoms in total. The molecule has 0 aliphatic heterocycles. The van der Waals surface area contributed by atoms with E-state index in [0.717, 1.165) is 29.5 Å². The van der Waals surface area contributed by atoms with Crippen LogP contribution in [0.5, 0.6) is 0 Å². The van der Waals surface area contributed by atoms with Gasteiger partial charge in [0.1, 0.15) is 0 Å². The minimum Gasteiger partial charge on any atom is -0.202 e. The van der Waals surface area contributed by atoms with Crippen LogP contribution in [0.3, 0.4) is 0 Å². The zero-order valence-electron chi connectivity index (χ0n) is 12.8. The standard InChI is InChI=1S/C20H18F2/c1-4-6-15-9-12-17(20(22)19(21)5-2)18(13-15)16-10-7-14(3)8-11-16/h2,7-13H,4,6H2,1,3H3/b20-19+. The first-order valence-electron chi connectivity index (χ1n) is 7.29. The molecule has 0 saturated heterocycles. The Morgan fingerprint density at radius 1 is 1.09 bits per heavy atom. The van der Waals surface area contributed by atoms with Gasteiger partial charge in [0.25, 0.3) is 0 Å². The Balaban J connectivity index is 2.64. The zero-order chi connectivity index (χ0) is 16.1. The molecule has 0 bridgehead atoms. The van der Waals surface area contributed by atoms with Crippen molar-refractivity contribution in [3.63, 3.8) is 0 Å². The third-order valence-corrected chi connectivity index (χ3v) is 3.54. The molecule has 2 aromatic rings. The highest BCUT2D eigenvalue weighted by molar-refractivity contribution is 5.81. The Kier molecular flexibility index (Phi) is 5.12. The van der Waals surface area contributed by atoms with E-state index < -0.39 is 11.7 Å². The van der Waals surface area contributed by atoms with Crippen molar-refractivity contribution in [1.82, 2.24) is 0 Å². The van der Waals surface area contributed by atoms with Gasteiger partial charge in [0.2, 0.25) is 5.83 Å². The van der Waals surface area contributed by atoms with Gasteiger partial charge in [-0.2, -0.15) is 4.39 Å². The summed E-state index contributed by atoms with van der Waals surface area (Å²) in [5, 5.41) is 0. The fourth-order valence-corrected chi connectivity index (χ4v) is 2.38. The molecule has 0 radical (unpaired) electrons. The molecule has 0 spiro atoms. The quantitative estimate of drug-likeness (QED) is 0.620. The lowest BCUT2D eigenvalue weighted by atomic mass is 9.94. The summed E-state index contributed by atoms with van der Waals surface area (Å²) in [5.74, 6) is -0.426. The lowest BCUT2D eigenvalue weighted by Crippen LogP contribution is -1.92. The molecule has 22 heavy (non-hydrogen) atoms. The summed E-state index contributed by atoms with van der Waals surface area (Å²) >= 11 is 0. The van der Waals surface area contributed by atoms with Crippen molar-refractivity contribution in [2.45, 2.75) is 26.7 Å². The van der Waals surface area contributed by atoms with Crippen LogP contribution in [0.1, 0.15) is 30.0 Å². The third kappa shape index (κ3) is 3.43. The second-order valence-electron chi connectivity index (χ2n) is 5.27. The minimum absolute atomic E-state index is 0.194. The van der Waals surface area contributed by atoms with Crippen LogP contribution >= 0.6 is 0 Å². The minimum atomic E-state index is -1.17. The molecule has 0 saturated carbocycles. The predicted octanol–water partition coefficient (Wildman–Crippen LogP) is 5.86. The van der Waals surface area contributed by atoms with E-state index in [2.05, 4.69) is 6.92 Å². The zero-order valence-corrected chi connectivity index (χ0v) is 12.8. The first-order chi connectivity index (χ1) is 10.6. The molecule has 0 N–H and O–H groups in total. The molecular formula is C20H18F2. The van der Waals surface area contributed by atoms with Crippen molar-refractivity contribution in [3.8, 4) is 23.5 Å². The molecule has 0 heterocycles. The maximum atomic E-state index is 14.2. The smallest absolute Gasteiger partial charge is 0.202 e. The Morgan fingerprint density at radius 3 is 2.36 bits per heavy atom. The second-order valence-corrected chi connectivity index (χ2v) is 5.27. The fourth-order valence-electron chi connectivity index (χ4n) is 2.38. The molecule has 2 aromatic carbocycles. The van der Waals surface area contributed by atoms with Crippen molar-refractivity contribution in [1.29, 1.82) is 0 Å². The van der Waals surface area contributed by atoms with Crippen LogP contribution < -0.4 is 0 Å². The summed E-state index contributed by atoms with van der Waals surface area (Å²) < 4.78 is 27.7. The van der Waals surface area contributed by atoms with E-state index in [1.54, 1.807) is 12.0 Å². The highest BCUT2D eigenvalue weighted by atomic mass is 19.2. The van der Waals surface area contributed by atoms with Crippen LogP contribution in [0.4, 0.5) is 8.78 Å². The van der Waals surface area contributed by atoms with E-state index in [9.17, 15) is 8.78 Å². The van der Waals surface area contributed by atoms with Crippen molar-refractivity contribution in [3.05, 3.63) is 65.0 Å². The SMILES string of the molecule is C#C/C(F)=C(\F)c1ccc(CCC)cc1-c1ccc(C)cc1. The Hall–Kier alpha value is -2.40. The van der Waals surface area contributed by atoms with Gasteiger partial charge >= 0.3 is 0 Å². The summed E-state index contributed by atoms with van der Waals surface area (Å²) in [7, 11) is 0. The van der Waals surface area contributed by atoms with Crippen LogP contribution in [0.2, 0.25) is 0 Å². The van der Waals surface area contributed by atoms with E-state index in [1.807, 2.05) is 43.3 Å². The van der Waals surface area contributed by atoms with E-state index in [-0.39, 0.29) is 5.56 Å². The number of hydrogen-bond donors (Lipinski definition) is 0. The molecule has 0 aliphatic carbocycles. The Bertz CT molecular complexity index is 731. The Labute approximate surface area is 130 Å². The van der Waals surface area contributed by atoms with Crippen molar-refractivity contribution < 1.29 is 8.78 Å². The first kappa shape index (κ1) is 16.0. The molecule has 0 aromatic heterocycles. The van der Waals surface area contributed by atoms with Gasteiger partial charge < -0.3 is 0 Å². The number of benzene rings is 2. The molecular weight excluding hydrogens is 278 g/mol. The van der Waals surface area contributed by atoms with Crippen LogP contribution in [0.15, 0.2) is 48.3 Å². The summed E-state index contributed by atoms with van der Waals surface area (Å²) in [4.78, 5) is 0. The summed E-state index contributed by atoms with van der Waals surface area (Å²) in [5.41, 5.74) is 3.91. The predicted molar refractivity (Wildman–Crippen MR) is 88.6 cm³/mol. The summed E-state index contributed by atoms with van der Waals surface area (Å²) in [6.07, 6.45) is 6.85. The molecule has 0 amide bonds. The van der Waals surface area contributed by atoms with Crippen molar-refractivity contribution in [2.24, 2.45) is 0 Å². The normalized spacial score (nSPS) is 11.8. The van der Waals surface area contributed by atoms with Gasteiger partial charge in [-0.1, -0.05) is 61.4 Å². The van der Waals surface area contributed by atoms with Crippen LogP contribution in [0, 0.1) is 19.3 Å². The summed E-state index contributed by atoms with van der Waals surface area (Å²) in [6, 6.07) is 13.0. The van der Waals surface area contributed by atoms with Gasteiger partial charge in [-0.05, 0) is 36.0 Å². The number of terminal acetylenes is 1. The van der Waals surface area contributed by atoms with Gasteiger partial charge in [0.05, 0.1) is 0 Å². The number of aryl methyl sites for hydroxylation is 2. The largest absolute Gasteiger partial charge is 0.209 e. The lowest BCUT2D eigenvalue weighted by molar-refractivity contribution is 0.635. The van der Waals surface area contributed by atoms with E-state index in [4.69, 9.17) is 6.42 Å². The second kappa shape index (κ2) is 7.04. The number of rotatable bonds is 4. The topological polar surface area (TPSA) is 0 Å². The van der Waals surface area contributed by atoms with Crippen LogP contribution in [-0.4, -0.2) is 0 Å². The third-order valence-electron chi connectivity index (χ3n) is 3.54. The van der Waals surface area contributed by atoms with Crippen molar-refractivity contribution in [2.75, 3.05) is 0 Å². The van der Waals surface area contributed by atoms with Gasteiger partial charge in [0, 0.05) is 5.56 Å². The van der Waals surface area contributed by atoms with Gasteiger partial charge in [-0.25, -0.2) is 4.39 Å². The molecule has 112 valence electrons. The highest BCUT2D eigenvalue weighted by Gasteiger charge is 2.14. The number of allylic oxidation sites excluding steroid dienone is 1. The fraction of sp³-hybridized carbons (Fsp3) is 0.200. The average molecular weight is 296 g/mol.